The second-order valence-corrected chi connectivity index (χ2v) is 12.3. The fraction of sp³-hybridized carbons (Fsp3) is 0.382. The molecule has 1 amide bonds. The first-order valence-corrected chi connectivity index (χ1v) is 15.6. The van der Waals surface area contributed by atoms with Gasteiger partial charge in [-0.15, -0.1) is 11.3 Å². The van der Waals surface area contributed by atoms with Crippen molar-refractivity contribution < 1.29 is 4.79 Å². The summed E-state index contributed by atoms with van der Waals surface area (Å²) in [5, 5.41) is 3.47. The smallest absolute Gasteiger partial charge is 0.232 e. The third-order valence-corrected chi connectivity index (χ3v) is 9.47. The summed E-state index contributed by atoms with van der Waals surface area (Å²) in [4.78, 5) is 27.4. The summed E-state index contributed by atoms with van der Waals surface area (Å²) < 4.78 is 0. The van der Waals surface area contributed by atoms with Gasteiger partial charge in [-0.05, 0) is 87.8 Å². The van der Waals surface area contributed by atoms with Gasteiger partial charge < -0.3 is 16.0 Å². The molecule has 1 aliphatic heterocycles. The first-order valence-electron chi connectivity index (χ1n) is 14.7. The number of likely N-dealkylation sites (tertiary alicyclic amines) is 1. The first-order chi connectivity index (χ1) is 20.1. The van der Waals surface area contributed by atoms with E-state index in [9.17, 15) is 4.79 Å². The third-order valence-electron chi connectivity index (χ3n) is 8.26. The number of rotatable bonds is 14. The van der Waals surface area contributed by atoms with E-state index in [0.717, 1.165) is 87.3 Å². The fourth-order valence-electron chi connectivity index (χ4n) is 6.20. The van der Waals surface area contributed by atoms with Crippen molar-refractivity contribution in [1.82, 2.24) is 20.2 Å². The number of aryl methyl sites for hydroxylation is 3. The highest BCUT2D eigenvalue weighted by atomic mass is 32.1. The second-order valence-electron chi connectivity index (χ2n) is 11.1. The van der Waals surface area contributed by atoms with Crippen molar-refractivity contribution in [2.45, 2.75) is 51.0 Å². The van der Waals surface area contributed by atoms with Gasteiger partial charge in [0.05, 0.1) is 11.4 Å². The minimum atomic E-state index is -0.817. The Hall–Kier alpha value is -3.39. The number of primary amides is 1. The number of nitrogens with zero attached hydrogens (tertiary/aromatic N) is 3. The standard InChI is InChI=1S/C34H41N5OS/c1-26-22-38-30(24-37-26)23-36-19-8-14-31-16-17-32(41-31)15-9-20-39-21-18-29(25-39)34(33(35)40,27-10-4-2-5-11-27)28-12-6-3-7-13-28/h2-7,10-13,16-17,22,24,29,36H,8-9,14-15,18-21,23,25H2,1H3,(H2,35,40). The molecular weight excluding hydrogens is 526 g/mol. The lowest BCUT2D eigenvalue weighted by atomic mass is 9.64. The van der Waals surface area contributed by atoms with Crippen LogP contribution in [0.5, 0.6) is 0 Å². The molecule has 3 N–H and O–H groups in total. The topological polar surface area (TPSA) is 84.1 Å². The number of hydrogen-bond acceptors (Lipinski definition) is 6. The van der Waals surface area contributed by atoms with Crippen LogP contribution in [0.2, 0.25) is 0 Å². The van der Waals surface area contributed by atoms with Crippen LogP contribution in [0.1, 0.15) is 51.5 Å². The van der Waals surface area contributed by atoms with Crippen LogP contribution in [-0.4, -0.2) is 47.0 Å². The van der Waals surface area contributed by atoms with E-state index in [2.05, 4.69) is 56.6 Å². The van der Waals surface area contributed by atoms with Crippen molar-refractivity contribution in [1.29, 1.82) is 0 Å². The van der Waals surface area contributed by atoms with Gasteiger partial charge in [-0.1, -0.05) is 60.7 Å². The van der Waals surface area contributed by atoms with Crippen molar-refractivity contribution in [2.24, 2.45) is 11.7 Å². The average molecular weight is 568 g/mol. The van der Waals surface area contributed by atoms with Crippen LogP contribution in [0, 0.1) is 12.8 Å². The lowest BCUT2D eigenvalue weighted by molar-refractivity contribution is -0.123. The Morgan fingerprint density at radius 3 is 2.22 bits per heavy atom. The van der Waals surface area contributed by atoms with Crippen LogP contribution in [0.4, 0.5) is 0 Å². The molecular formula is C34H41N5OS. The fourth-order valence-corrected chi connectivity index (χ4v) is 7.30. The van der Waals surface area contributed by atoms with Gasteiger partial charge in [0.2, 0.25) is 5.91 Å². The molecule has 1 saturated heterocycles. The second kappa shape index (κ2) is 14.0. The van der Waals surface area contributed by atoms with Crippen molar-refractivity contribution in [3.63, 3.8) is 0 Å². The Kier molecular flexibility index (Phi) is 9.93. The van der Waals surface area contributed by atoms with Gasteiger partial charge in [-0.3, -0.25) is 14.8 Å². The first kappa shape index (κ1) is 29.1. The maximum Gasteiger partial charge on any atom is 0.232 e. The number of hydrogen-bond donors (Lipinski definition) is 2. The molecule has 0 saturated carbocycles. The summed E-state index contributed by atoms with van der Waals surface area (Å²) in [7, 11) is 0. The highest BCUT2D eigenvalue weighted by Gasteiger charge is 2.49. The molecule has 3 heterocycles. The van der Waals surface area contributed by atoms with E-state index in [4.69, 9.17) is 5.73 Å². The molecule has 214 valence electrons. The Labute approximate surface area is 248 Å². The monoisotopic (exact) mass is 567 g/mol. The van der Waals surface area contributed by atoms with Crippen molar-refractivity contribution >= 4 is 17.2 Å². The zero-order valence-corrected chi connectivity index (χ0v) is 24.8. The van der Waals surface area contributed by atoms with Gasteiger partial charge in [0.15, 0.2) is 0 Å². The van der Waals surface area contributed by atoms with Gasteiger partial charge in [-0.2, -0.15) is 0 Å². The van der Waals surface area contributed by atoms with Gasteiger partial charge in [-0.25, -0.2) is 0 Å². The van der Waals surface area contributed by atoms with E-state index >= 15 is 0 Å². The molecule has 4 aromatic rings. The SMILES string of the molecule is Cc1cnc(CNCCCc2ccc(CCCN3CCC(C(C(N)=O)(c4ccccc4)c4ccccc4)C3)s2)cn1. The number of benzene rings is 2. The van der Waals surface area contributed by atoms with E-state index in [-0.39, 0.29) is 11.8 Å². The summed E-state index contributed by atoms with van der Waals surface area (Å²) in [5.41, 5.74) is 9.36. The van der Waals surface area contributed by atoms with Gasteiger partial charge in [0.25, 0.3) is 0 Å². The van der Waals surface area contributed by atoms with E-state index in [1.54, 1.807) is 0 Å². The molecule has 1 unspecified atom stereocenters. The van der Waals surface area contributed by atoms with Crippen LogP contribution in [0.15, 0.2) is 85.2 Å². The minimum absolute atomic E-state index is 0.143. The van der Waals surface area contributed by atoms with Crippen LogP contribution in [0.3, 0.4) is 0 Å². The Balaban J connectivity index is 1.10. The Morgan fingerprint density at radius 1 is 0.951 bits per heavy atom. The normalized spacial score (nSPS) is 15.8. The van der Waals surface area contributed by atoms with Gasteiger partial charge >= 0.3 is 0 Å². The third kappa shape index (κ3) is 7.10. The Bertz CT molecular complexity index is 1330. The molecule has 1 aliphatic rings. The number of nitrogens with two attached hydrogens (primary N) is 1. The zero-order chi connectivity index (χ0) is 28.5. The maximum atomic E-state index is 13.3. The predicted molar refractivity (Wildman–Crippen MR) is 167 cm³/mol. The van der Waals surface area contributed by atoms with Crippen LogP contribution < -0.4 is 11.1 Å². The average Bonchev–Trinajstić information content (AvgIpc) is 3.65. The van der Waals surface area contributed by atoms with E-state index in [1.807, 2.05) is 67.1 Å². The largest absolute Gasteiger partial charge is 0.369 e. The van der Waals surface area contributed by atoms with E-state index < -0.39 is 5.41 Å². The number of carbonyl (C=O) groups is 1. The maximum absolute atomic E-state index is 13.3. The molecule has 0 bridgehead atoms. The van der Waals surface area contributed by atoms with Crippen LogP contribution in [0.25, 0.3) is 0 Å². The van der Waals surface area contributed by atoms with Gasteiger partial charge in [0, 0.05) is 35.2 Å². The molecule has 0 aliphatic carbocycles. The van der Waals surface area contributed by atoms with E-state index in [0.29, 0.717) is 0 Å². The molecule has 7 heteroatoms. The molecule has 1 fully saturated rings. The summed E-state index contributed by atoms with van der Waals surface area (Å²) in [6, 6.07) is 24.9. The summed E-state index contributed by atoms with van der Waals surface area (Å²) in [5.74, 6) is -0.114. The number of aromatic nitrogens is 2. The molecule has 1 atom stereocenters. The van der Waals surface area contributed by atoms with Crippen molar-refractivity contribution in [3.05, 3.63) is 117 Å². The molecule has 2 aromatic carbocycles. The highest BCUT2D eigenvalue weighted by molar-refractivity contribution is 7.11. The summed E-state index contributed by atoms with van der Waals surface area (Å²) in [6.45, 7) is 6.60. The minimum Gasteiger partial charge on any atom is -0.369 e. The molecule has 5 rings (SSSR count). The predicted octanol–water partition coefficient (Wildman–Crippen LogP) is 5.30. The molecule has 41 heavy (non-hydrogen) atoms. The number of amides is 1. The summed E-state index contributed by atoms with van der Waals surface area (Å²) in [6.07, 6.45) is 9.03. The highest BCUT2D eigenvalue weighted by Crippen LogP contribution is 2.43. The number of nitrogens with one attached hydrogen (secondary N) is 1. The summed E-state index contributed by atoms with van der Waals surface area (Å²) >= 11 is 1.94. The van der Waals surface area contributed by atoms with Crippen molar-refractivity contribution in [2.75, 3.05) is 26.2 Å². The number of thiophene rings is 1. The quantitative estimate of drug-likeness (QED) is 0.202. The molecule has 0 spiro atoms. The van der Waals surface area contributed by atoms with Crippen LogP contribution >= 0.6 is 11.3 Å². The van der Waals surface area contributed by atoms with Gasteiger partial charge in [0.1, 0.15) is 5.41 Å². The van der Waals surface area contributed by atoms with Crippen molar-refractivity contribution in [3.8, 4) is 0 Å². The van der Waals surface area contributed by atoms with E-state index in [1.165, 1.54) is 9.75 Å². The lowest BCUT2D eigenvalue weighted by Crippen LogP contribution is -2.49. The molecule has 6 nitrogen and oxygen atoms in total. The van der Waals surface area contributed by atoms with Crippen LogP contribution in [-0.2, 0) is 29.6 Å². The molecule has 0 radical (unpaired) electrons. The lowest BCUT2D eigenvalue weighted by Gasteiger charge is -2.37. The molecule has 2 aromatic heterocycles. The number of carbonyl (C=O) groups excluding carboxylic acids is 1. The zero-order valence-electron chi connectivity index (χ0n) is 24.0. The Morgan fingerprint density at radius 2 is 1.61 bits per heavy atom.